The lowest BCUT2D eigenvalue weighted by atomic mass is 10.1. The highest BCUT2D eigenvalue weighted by Gasteiger charge is 2.07. The molecule has 0 aromatic rings. The van der Waals surface area contributed by atoms with Gasteiger partial charge in [0.25, 0.3) is 0 Å². The summed E-state index contributed by atoms with van der Waals surface area (Å²) in [5.41, 5.74) is 0. The molecule has 0 aliphatic carbocycles. The van der Waals surface area contributed by atoms with E-state index in [0.29, 0.717) is 26.4 Å². The lowest BCUT2D eigenvalue weighted by Gasteiger charge is -2.12. The van der Waals surface area contributed by atoms with Gasteiger partial charge in [-0.15, -0.1) is 0 Å². The summed E-state index contributed by atoms with van der Waals surface area (Å²) in [4.78, 5) is 0. The Bertz CT molecular complexity index is 897. The van der Waals surface area contributed by atoms with E-state index in [-0.39, 0.29) is 18.9 Å². The third-order valence-electron chi connectivity index (χ3n) is 12.8. The van der Waals surface area contributed by atoms with Gasteiger partial charge in [0.05, 0.1) is 34.3 Å². The molecule has 0 amide bonds. The van der Waals surface area contributed by atoms with Crippen molar-refractivity contribution in [1.82, 2.24) is 0 Å². The van der Waals surface area contributed by atoms with E-state index in [1.54, 1.807) is 0 Å². The first kappa shape index (κ1) is 64.6. The second-order valence-corrected chi connectivity index (χ2v) is 28.2. The van der Waals surface area contributed by atoms with Gasteiger partial charge in [-0.1, -0.05) is 278 Å². The minimum Gasteiger partial charge on any atom is -0.381 e. The van der Waals surface area contributed by atoms with Crippen molar-refractivity contribution in [2.24, 2.45) is 0 Å². The van der Waals surface area contributed by atoms with E-state index in [9.17, 15) is 4.21 Å². The predicted octanol–water partition coefficient (Wildman–Crippen LogP) is 17.6. The second-order valence-electron chi connectivity index (χ2n) is 19.1. The summed E-state index contributed by atoms with van der Waals surface area (Å²) in [6.07, 6.45) is 53.7. The molecule has 64 heavy (non-hydrogen) atoms. The van der Waals surface area contributed by atoms with Crippen molar-refractivity contribution >= 4 is 26.8 Å². The van der Waals surface area contributed by atoms with Gasteiger partial charge >= 0.3 is 0 Å². The van der Waals surface area contributed by atoms with Crippen molar-refractivity contribution in [3.05, 3.63) is 0 Å². The van der Waals surface area contributed by atoms with Crippen LogP contribution in [0.1, 0.15) is 285 Å². The summed E-state index contributed by atoms with van der Waals surface area (Å²) in [5.74, 6) is 3.53. The van der Waals surface area contributed by atoms with Crippen LogP contribution in [0.15, 0.2) is 0 Å². The Labute approximate surface area is 408 Å². The zero-order valence-electron chi connectivity index (χ0n) is 44.0. The van der Waals surface area contributed by atoms with Crippen molar-refractivity contribution in [1.29, 1.82) is 0 Å². The fraction of sp³-hybridized carbons (Fsp3) is 1.00. The lowest BCUT2D eigenvalue weighted by Crippen LogP contribution is -2.19. The average Bonchev–Trinajstić information content (AvgIpc) is 3.30. The largest absolute Gasteiger partial charge is 0.381 e. The van der Waals surface area contributed by atoms with Gasteiger partial charge in [0, 0.05) is 49.4 Å². The number of hydrogen-bond donors (Lipinski definition) is 0. The second kappa shape index (κ2) is 57.9. The Morgan fingerprint density at radius 1 is 0.219 bits per heavy atom. The molecule has 0 unspecified atom stereocenters. The zero-order chi connectivity index (χ0) is 46.3. The van der Waals surface area contributed by atoms with Gasteiger partial charge in [-0.05, 0) is 25.7 Å². The summed E-state index contributed by atoms with van der Waals surface area (Å²) < 4.78 is 39.5. The molecule has 388 valence electrons. The van der Waals surface area contributed by atoms with Crippen molar-refractivity contribution in [3.8, 4) is 0 Å². The minimum atomic E-state index is -0.924. The van der Waals surface area contributed by atoms with Crippen LogP contribution >= 0.6 is 0 Å². The molecule has 0 aromatic heterocycles. The van der Waals surface area contributed by atoms with Crippen LogP contribution in [0.4, 0.5) is 0 Å². The normalized spacial score (nSPS) is 11.8. The molecule has 0 spiro atoms. The molecule has 0 atom stereocenters. The fourth-order valence-corrected chi connectivity index (χ4v) is 19.0. The van der Waals surface area contributed by atoms with Crippen LogP contribution < -0.4 is 0 Å². The van der Waals surface area contributed by atoms with Crippen LogP contribution in [0.25, 0.3) is 0 Å². The molecule has 0 aliphatic heterocycles. The van der Waals surface area contributed by atoms with E-state index in [1.807, 2.05) is 0 Å². The van der Waals surface area contributed by atoms with Crippen molar-refractivity contribution in [2.75, 3.05) is 75.9 Å². The Morgan fingerprint density at radius 2 is 0.375 bits per heavy atom. The van der Waals surface area contributed by atoms with E-state index in [2.05, 4.69) is 27.7 Å². The molecule has 0 heterocycles. The summed E-state index contributed by atoms with van der Waals surface area (Å²) >= 11 is 0. The van der Waals surface area contributed by atoms with Crippen LogP contribution in [0.5, 0.6) is 0 Å². The number of hydrogen-bond acceptors (Lipinski definition) is 5. The fourth-order valence-electron chi connectivity index (χ4n) is 8.39. The quantitative estimate of drug-likeness (QED) is 0.0569. The van der Waals surface area contributed by atoms with Gasteiger partial charge in [0.1, 0.15) is 0 Å². The molecule has 0 saturated carbocycles. The van der Waals surface area contributed by atoms with Gasteiger partial charge in [-0.2, -0.15) is 0 Å². The third kappa shape index (κ3) is 50.4. The highest BCUT2D eigenvalue weighted by atomic mass is 33.1. The summed E-state index contributed by atoms with van der Waals surface area (Å²) in [6, 6.07) is 0. The monoisotopic (exact) mass is 965 g/mol. The van der Waals surface area contributed by atoms with Crippen LogP contribution in [0.2, 0.25) is 0 Å². The first-order valence-electron chi connectivity index (χ1n) is 28.8. The molecule has 0 radical (unpaired) electrons. The zero-order valence-corrected chi connectivity index (χ0v) is 46.5. The maximum Gasteiger partial charge on any atom is 0.0580 e. The minimum absolute atomic E-state index is 0.240. The molecule has 0 aliphatic rings. The molecule has 0 saturated heterocycles. The third-order valence-corrected chi connectivity index (χ3v) is 23.8. The van der Waals surface area contributed by atoms with Crippen molar-refractivity contribution in [2.45, 2.75) is 285 Å². The molecular weight excluding hydrogens is 849 g/mol. The SMILES string of the molecule is CCCCCCCCCCCCOCCS(CCOCCCCCCCCCCCC)=S(=O)=S(CCOCCCCCCCCCCCC)CCOCCCCCCCCCCCC. The number of rotatable bonds is 56. The average molecular weight is 966 g/mol. The van der Waals surface area contributed by atoms with E-state index < -0.39 is 7.92 Å². The van der Waals surface area contributed by atoms with Crippen molar-refractivity contribution < 1.29 is 23.2 Å². The molecule has 0 rings (SSSR count). The molecule has 0 bridgehead atoms. The molecular formula is C56H116O5S3. The number of ether oxygens (including phenoxy) is 4. The summed E-state index contributed by atoms with van der Waals surface area (Å²) in [6.45, 7) is 15.4. The Kier molecular flexibility index (Phi) is 58.4. The molecule has 0 aromatic carbocycles. The first-order valence-corrected chi connectivity index (χ1v) is 34.1. The van der Waals surface area contributed by atoms with Gasteiger partial charge in [0.15, 0.2) is 0 Å². The first-order chi connectivity index (χ1) is 31.7. The maximum absolute atomic E-state index is 14.6. The van der Waals surface area contributed by atoms with E-state index >= 15 is 0 Å². The highest BCUT2D eigenvalue weighted by Crippen LogP contribution is 2.14. The summed E-state index contributed by atoms with van der Waals surface area (Å²) in [5, 5.41) is 0. The Hall–Kier alpha value is 0.560. The topological polar surface area (TPSA) is 54.0 Å². The van der Waals surface area contributed by atoms with E-state index in [4.69, 9.17) is 18.9 Å². The summed E-state index contributed by atoms with van der Waals surface area (Å²) in [7, 11) is -1.40. The maximum atomic E-state index is 14.6. The van der Waals surface area contributed by atoms with Crippen molar-refractivity contribution in [3.63, 3.8) is 0 Å². The predicted molar refractivity (Wildman–Crippen MR) is 293 cm³/mol. The Morgan fingerprint density at radius 3 is 0.547 bits per heavy atom. The standard InChI is InChI=1S/C56H116O5S3/c1-5-9-13-17-21-25-29-33-37-41-45-58-49-53-62(54-50-59-46-42-38-34-30-26-22-18-14-10-6-2)64(57)63(55-51-60-47-43-39-35-31-27-23-19-15-11-7-3)56-52-61-48-44-40-36-32-28-24-20-16-12-8-4/h5-56H2,1-4H3. The molecule has 0 N–H and O–H groups in total. The van der Waals surface area contributed by atoms with E-state index in [0.717, 1.165) is 75.1 Å². The van der Waals surface area contributed by atoms with Crippen LogP contribution in [0.3, 0.4) is 0 Å². The van der Waals surface area contributed by atoms with Crippen LogP contribution in [-0.2, 0) is 45.8 Å². The van der Waals surface area contributed by atoms with Crippen LogP contribution in [-0.4, -0.2) is 80.1 Å². The van der Waals surface area contributed by atoms with Gasteiger partial charge < -0.3 is 18.9 Å². The van der Waals surface area contributed by atoms with Gasteiger partial charge in [-0.3, -0.25) is 0 Å². The molecule has 0 fully saturated rings. The van der Waals surface area contributed by atoms with Gasteiger partial charge in [-0.25, -0.2) is 4.21 Å². The highest BCUT2D eigenvalue weighted by molar-refractivity contribution is 8.59. The molecule has 5 nitrogen and oxygen atoms in total. The Balaban J connectivity index is 5.19. The van der Waals surface area contributed by atoms with Crippen LogP contribution in [0, 0.1) is 0 Å². The smallest absolute Gasteiger partial charge is 0.0580 e. The number of unbranched alkanes of at least 4 members (excludes halogenated alkanes) is 36. The van der Waals surface area contributed by atoms with E-state index in [1.165, 1.54) is 231 Å². The molecule has 8 heteroatoms. The lowest BCUT2D eigenvalue weighted by molar-refractivity contribution is 0.142. The van der Waals surface area contributed by atoms with Gasteiger partial charge in [0.2, 0.25) is 0 Å².